The molecule has 0 amide bonds. The molecule has 0 saturated heterocycles. The summed E-state index contributed by atoms with van der Waals surface area (Å²) in [6.45, 7) is 2.81. The van der Waals surface area contributed by atoms with Crippen molar-refractivity contribution >= 4 is 5.82 Å². The van der Waals surface area contributed by atoms with Crippen LogP contribution < -0.4 is 10.1 Å². The van der Waals surface area contributed by atoms with E-state index in [0.29, 0.717) is 18.0 Å². The third-order valence-electron chi connectivity index (χ3n) is 2.70. The van der Waals surface area contributed by atoms with Crippen LogP contribution in [0.5, 0.6) is 5.88 Å². The molecule has 1 aromatic heterocycles. The number of nitrogens with zero attached hydrogens (tertiary/aromatic N) is 2. The maximum atomic E-state index is 5.49. The number of hydrogen-bond donors (Lipinski definition) is 1. The van der Waals surface area contributed by atoms with Crippen LogP contribution in [-0.4, -0.2) is 35.8 Å². The van der Waals surface area contributed by atoms with Crippen LogP contribution >= 0.6 is 0 Å². The van der Waals surface area contributed by atoms with Gasteiger partial charge in [0.15, 0.2) is 0 Å². The summed E-state index contributed by atoms with van der Waals surface area (Å²) in [5, 5.41) is 3.33. The van der Waals surface area contributed by atoms with Crippen LogP contribution in [0.1, 0.15) is 19.8 Å². The molecule has 1 aromatic rings. The second-order valence-corrected chi connectivity index (χ2v) is 3.84. The van der Waals surface area contributed by atoms with E-state index in [-0.39, 0.29) is 0 Å². The summed E-state index contributed by atoms with van der Waals surface area (Å²) in [4.78, 5) is 8.09. The Morgan fingerprint density at radius 2 is 2.25 bits per heavy atom. The second-order valence-electron chi connectivity index (χ2n) is 3.84. The van der Waals surface area contributed by atoms with Gasteiger partial charge >= 0.3 is 0 Å². The van der Waals surface area contributed by atoms with Gasteiger partial charge in [-0.2, -0.15) is 0 Å². The van der Waals surface area contributed by atoms with E-state index in [2.05, 4.69) is 15.3 Å². The van der Waals surface area contributed by atoms with Crippen LogP contribution in [0.2, 0.25) is 0 Å². The van der Waals surface area contributed by atoms with Gasteiger partial charge in [0, 0.05) is 18.7 Å². The zero-order valence-corrected chi connectivity index (χ0v) is 9.64. The lowest BCUT2D eigenvalue weighted by Crippen LogP contribution is -2.41. The Morgan fingerprint density at radius 1 is 1.44 bits per heavy atom. The van der Waals surface area contributed by atoms with E-state index in [1.54, 1.807) is 13.2 Å². The Balaban J connectivity index is 1.82. The fourth-order valence-corrected chi connectivity index (χ4v) is 1.79. The molecule has 0 aromatic carbocycles. The van der Waals surface area contributed by atoms with Crippen LogP contribution in [0, 0.1) is 0 Å². The smallest absolute Gasteiger partial charge is 0.218 e. The molecule has 0 unspecified atom stereocenters. The van der Waals surface area contributed by atoms with Crippen molar-refractivity contribution in [3.05, 3.63) is 12.4 Å². The van der Waals surface area contributed by atoms with Gasteiger partial charge in [-0.15, -0.1) is 0 Å². The van der Waals surface area contributed by atoms with Crippen molar-refractivity contribution in [3.8, 4) is 5.88 Å². The van der Waals surface area contributed by atoms with E-state index >= 15 is 0 Å². The number of ether oxygens (including phenoxy) is 2. The minimum Gasteiger partial charge on any atom is -0.481 e. The number of rotatable bonds is 5. The third kappa shape index (κ3) is 2.61. The predicted molar refractivity (Wildman–Crippen MR) is 60.6 cm³/mol. The van der Waals surface area contributed by atoms with E-state index in [0.717, 1.165) is 25.3 Å². The van der Waals surface area contributed by atoms with Gasteiger partial charge in [0.25, 0.3) is 0 Å². The Morgan fingerprint density at radius 3 is 2.94 bits per heavy atom. The summed E-state index contributed by atoms with van der Waals surface area (Å²) < 4.78 is 10.5. The fourth-order valence-electron chi connectivity index (χ4n) is 1.79. The Labute approximate surface area is 95.2 Å². The highest BCUT2D eigenvalue weighted by Crippen LogP contribution is 2.26. The molecular weight excluding hydrogens is 206 g/mol. The van der Waals surface area contributed by atoms with E-state index in [4.69, 9.17) is 9.47 Å². The van der Waals surface area contributed by atoms with Gasteiger partial charge in [-0.25, -0.2) is 9.97 Å². The minimum absolute atomic E-state index is 0.409. The van der Waals surface area contributed by atoms with Gasteiger partial charge in [0.1, 0.15) is 12.1 Å². The van der Waals surface area contributed by atoms with Gasteiger partial charge < -0.3 is 14.8 Å². The molecule has 1 heterocycles. The first kappa shape index (κ1) is 11.1. The van der Waals surface area contributed by atoms with E-state index in [9.17, 15) is 0 Å². The quantitative estimate of drug-likeness (QED) is 0.819. The van der Waals surface area contributed by atoms with Gasteiger partial charge in [0.2, 0.25) is 5.88 Å². The predicted octanol–water partition coefficient (Wildman–Crippen LogP) is 1.46. The molecule has 0 bridgehead atoms. The molecule has 0 atom stereocenters. The van der Waals surface area contributed by atoms with Crippen LogP contribution in [0.3, 0.4) is 0 Å². The molecule has 1 aliphatic rings. The molecule has 1 saturated carbocycles. The molecule has 88 valence electrons. The number of anilines is 1. The first-order valence-corrected chi connectivity index (χ1v) is 5.56. The summed E-state index contributed by atoms with van der Waals surface area (Å²) in [5.41, 5.74) is 0. The Bertz CT molecular complexity index is 340. The zero-order chi connectivity index (χ0) is 11.4. The number of aromatic nitrogens is 2. The molecule has 0 radical (unpaired) electrons. The third-order valence-corrected chi connectivity index (χ3v) is 2.70. The van der Waals surface area contributed by atoms with Crippen molar-refractivity contribution in [1.29, 1.82) is 0 Å². The lowest BCUT2D eigenvalue weighted by molar-refractivity contribution is 0.00292. The molecular formula is C11H17N3O2. The van der Waals surface area contributed by atoms with Crippen LogP contribution in [0.25, 0.3) is 0 Å². The van der Waals surface area contributed by atoms with Crippen LogP contribution in [-0.2, 0) is 4.74 Å². The summed E-state index contributed by atoms with van der Waals surface area (Å²) in [7, 11) is 1.60. The van der Waals surface area contributed by atoms with Crippen LogP contribution in [0.4, 0.5) is 5.82 Å². The lowest BCUT2D eigenvalue weighted by atomic mass is 9.89. The van der Waals surface area contributed by atoms with Crippen LogP contribution in [0.15, 0.2) is 12.4 Å². The summed E-state index contributed by atoms with van der Waals surface area (Å²) in [6.07, 6.45) is 3.99. The Hall–Kier alpha value is -1.36. The molecule has 0 aliphatic heterocycles. The molecule has 5 heteroatoms. The Kier molecular flexibility index (Phi) is 3.56. The number of methoxy groups -OCH3 is 1. The van der Waals surface area contributed by atoms with Gasteiger partial charge in [-0.1, -0.05) is 0 Å². The van der Waals surface area contributed by atoms with E-state index in [1.165, 1.54) is 6.33 Å². The summed E-state index contributed by atoms with van der Waals surface area (Å²) in [5.74, 6) is 1.39. The molecule has 16 heavy (non-hydrogen) atoms. The highest BCUT2D eigenvalue weighted by molar-refractivity contribution is 5.38. The number of hydrogen-bond acceptors (Lipinski definition) is 5. The monoisotopic (exact) mass is 223 g/mol. The van der Waals surface area contributed by atoms with Crippen molar-refractivity contribution in [1.82, 2.24) is 9.97 Å². The second kappa shape index (κ2) is 5.12. The maximum absolute atomic E-state index is 5.49. The van der Waals surface area contributed by atoms with E-state index < -0.39 is 0 Å². The normalized spacial score (nSPS) is 23.6. The maximum Gasteiger partial charge on any atom is 0.218 e. The number of nitrogens with one attached hydrogen (secondary N) is 1. The zero-order valence-electron chi connectivity index (χ0n) is 9.64. The largest absolute Gasteiger partial charge is 0.481 e. The highest BCUT2D eigenvalue weighted by atomic mass is 16.5. The van der Waals surface area contributed by atoms with Gasteiger partial charge in [-0.05, 0) is 19.8 Å². The standard InChI is InChI=1S/C11H17N3O2/c1-3-16-9-4-8(5-9)14-10-6-11(15-2)13-7-12-10/h6-9H,3-5H2,1-2H3,(H,12,13,14). The SMILES string of the molecule is CCOC1CC(Nc2cc(OC)ncn2)C1. The average molecular weight is 223 g/mol. The van der Waals surface area contributed by atoms with Crippen molar-refractivity contribution in [2.45, 2.75) is 31.9 Å². The molecule has 1 N–H and O–H groups in total. The summed E-state index contributed by atoms with van der Waals surface area (Å²) in [6, 6.07) is 2.25. The van der Waals surface area contributed by atoms with Crippen molar-refractivity contribution < 1.29 is 9.47 Å². The van der Waals surface area contributed by atoms with Crippen molar-refractivity contribution in [2.75, 3.05) is 19.0 Å². The highest BCUT2D eigenvalue weighted by Gasteiger charge is 2.29. The van der Waals surface area contributed by atoms with Crippen molar-refractivity contribution in [2.24, 2.45) is 0 Å². The minimum atomic E-state index is 0.409. The molecule has 2 rings (SSSR count). The lowest BCUT2D eigenvalue weighted by Gasteiger charge is -2.35. The molecule has 0 spiro atoms. The van der Waals surface area contributed by atoms with Gasteiger partial charge in [0.05, 0.1) is 13.2 Å². The first-order chi connectivity index (χ1) is 7.81. The summed E-state index contributed by atoms with van der Waals surface area (Å²) >= 11 is 0. The average Bonchev–Trinajstić information content (AvgIpc) is 2.27. The van der Waals surface area contributed by atoms with E-state index in [1.807, 2.05) is 6.92 Å². The topological polar surface area (TPSA) is 56.3 Å². The molecule has 1 fully saturated rings. The fraction of sp³-hybridized carbons (Fsp3) is 0.636. The molecule has 5 nitrogen and oxygen atoms in total. The van der Waals surface area contributed by atoms with Crippen molar-refractivity contribution in [3.63, 3.8) is 0 Å². The first-order valence-electron chi connectivity index (χ1n) is 5.56. The van der Waals surface area contributed by atoms with Gasteiger partial charge in [-0.3, -0.25) is 0 Å². The molecule has 1 aliphatic carbocycles.